The van der Waals surface area contributed by atoms with E-state index in [1.165, 1.54) is 5.56 Å². The van der Waals surface area contributed by atoms with Crippen molar-refractivity contribution < 1.29 is 17.9 Å². The van der Waals surface area contributed by atoms with Crippen LogP contribution in [0.1, 0.15) is 64.2 Å². The Kier molecular flexibility index (Phi) is 9.28. The number of rotatable bonds is 11. The second kappa shape index (κ2) is 11.5. The number of benzene rings is 2. The number of carbonyl (C=O) groups excluding carboxylic acids is 1. The highest BCUT2D eigenvalue weighted by molar-refractivity contribution is 7.88. The van der Waals surface area contributed by atoms with Gasteiger partial charge < -0.3 is 10.1 Å². The summed E-state index contributed by atoms with van der Waals surface area (Å²) in [5.41, 5.74) is 2.83. The molecule has 6 nitrogen and oxygen atoms in total. The van der Waals surface area contributed by atoms with Gasteiger partial charge in [-0.25, -0.2) is 13.1 Å². The predicted molar refractivity (Wildman–Crippen MR) is 129 cm³/mol. The fourth-order valence-corrected chi connectivity index (χ4v) is 4.72. The van der Waals surface area contributed by atoms with Crippen LogP contribution >= 0.6 is 0 Å². The van der Waals surface area contributed by atoms with Crippen molar-refractivity contribution in [2.24, 2.45) is 0 Å². The molecule has 0 heterocycles. The predicted octanol–water partition coefficient (Wildman–Crippen LogP) is 4.29. The van der Waals surface area contributed by atoms with E-state index in [9.17, 15) is 13.2 Å². The molecular weight excluding hydrogens is 424 g/mol. The number of hydrogen-bond donors (Lipinski definition) is 2. The monoisotopic (exact) mass is 460 g/mol. The third-order valence-corrected chi connectivity index (χ3v) is 6.41. The van der Waals surface area contributed by atoms with Crippen LogP contribution in [-0.2, 0) is 32.5 Å². The lowest BCUT2D eigenvalue weighted by Crippen LogP contribution is -2.32. The molecule has 0 saturated heterocycles. The van der Waals surface area contributed by atoms with E-state index in [2.05, 4.69) is 42.9 Å². The Hall–Kier alpha value is -2.38. The lowest BCUT2D eigenvalue weighted by molar-refractivity contribution is -0.121. The zero-order valence-electron chi connectivity index (χ0n) is 19.8. The van der Waals surface area contributed by atoms with Gasteiger partial charge in [-0.2, -0.15) is 0 Å². The van der Waals surface area contributed by atoms with Crippen LogP contribution < -0.4 is 14.8 Å². The minimum atomic E-state index is -3.43. The van der Waals surface area contributed by atoms with Gasteiger partial charge in [-0.3, -0.25) is 4.79 Å². The Morgan fingerprint density at radius 3 is 2.22 bits per heavy atom. The summed E-state index contributed by atoms with van der Waals surface area (Å²) in [4.78, 5) is 12.2. The molecule has 0 aliphatic carbocycles. The Morgan fingerprint density at radius 1 is 1.00 bits per heavy atom. The summed E-state index contributed by atoms with van der Waals surface area (Å²) in [6.45, 7) is 10.8. The first-order valence-corrected chi connectivity index (χ1v) is 12.7. The van der Waals surface area contributed by atoms with Crippen molar-refractivity contribution in [2.75, 3.05) is 6.61 Å². The highest BCUT2D eigenvalue weighted by atomic mass is 32.2. The maximum absolute atomic E-state index is 12.2. The Bertz CT molecular complexity index is 978. The molecule has 7 heteroatoms. The molecule has 0 aliphatic rings. The number of hydrogen-bond acceptors (Lipinski definition) is 4. The van der Waals surface area contributed by atoms with Gasteiger partial charge >= 0.3 is 0 Å². The summed E-state index contributed by atoms with van der Waals surface area (Å²) in [7, 11) is -3.43. The standard InChI is InChI=1S/C25H36N2O4S/c1-19(2)27-32(29,30)18-21-10-7-6-9-20(21)17-26-24(28)11-8-16-31-23-14-12-22(13-15-23)25(3,4)5/h6-7,9-10,12-15,19,27H,8,11,16-18H2,1-5H3,(H,26,28). The normalized spacial score (nSPS) is 12.1. The molecule has 176 valence electrons. The van der Waals surface area contributed by atoms with Gasteiger partial charge in [-0.1, -0.05) is 57.2 Å². The summed E-state index contributed by atoms with van der Waals surface area (Å²) >= 11 is 0. The molecule has 0 fully saturated rings. The maximum atomic E-state index is 12.2. The van der Waals surface area contributed by atoms with Gasteiger partial charge in [0.1, 0.15) is 5.75 Å². The molecule has 0 spiro atoms. The molecule has 2 aromatic carbocycles. The van der Waals surface area contributed by atoms with Crippen molar-refractivity contribution in [1.29, 1.82) is 0 Å². The second-order valence-electron chi connectivity index (χ2n) is 9.30. The van der Waals surface area contributed by atoms with E-state index >= 15 is 0 Å². The van der Waals surface area contributed by atoms with Crippen molar-refractivity contribution in [3.8, 4) is 5.75 Å². The third-order valence-electron chi connectivity index (χ3n) is 4.89. The van der Waals surface area contributed by atoms with E-state index in [0.717, 1.165) is 11.3 Å². The highest BCUT2D eigenvalue weighted by Gasteiger charge is 2.16. The fourth-order valence-electron chi connectivity index (χ4n) is 3.23. The quantitative estimate of drug-likeness (QED) is 0.490. The van der Waals surface area contributed by atoms with Gasteiger partial charge in [0.15, 0.2) is 0 Å². The maximum Gasteiger partial charge on any atom is 0.220 e. The van der Waals surface area contributed by atoms with Crippen molar-refractivity contribution in [3.63, 3.8) is 0 Å². The first-order chi connectivity index (χ1) is 15.0. The average molecular weight is 461 g/mol. The summed E-state index contributed by atoms with van der Waals surface area (Å²) < 4.78 is 32.8. The highest BCUT2D eigenvalue weighted by Crippen LogP contribution is 2.24. The number of nitrogens with one attached hydrogen (secondary N) is 2. The molecule has 0 aliphatic heterocycles. The Balaban J connectivity index is 1.78. The van der Waals surface area contributed by atoms with Gasteiger partial charge in [0, 0.05) is 19.0 Å². The smallest absolute Gasteiger partial charge is 0.220 e. The van der Waals surface area contributed by atoms with Crippen molar-refractivity contribution in [2.45, 2.75) is 71.2 Å². The molecule has 0 unspecified atom stereocenters. The van der Waals surface area contributed by atoms with Gasteiger partial charge in [0.2, 0.25) is 15.9 Å². The van der Waals surface area contributed by atoms with Crippen LogP contribution in [0, 0.1) is 0 Å². The lowest BCUT2D eigenvalue weighted by Gasteiger charge is -2.19. The zero-order chi connectivity index (χ0) is 23.8. The van der Waals surface area contributed by atoms with Crippen LogP contribution in [0.2, 0.25) is 0 Å². The summed E-state index contributed by atoms with van der Waals surface area (Å²) in [6.07, 6.45) is 0.941. The minimum absolute atomic E-state index is 0.0883. The Morgan fingerprint density at radius 2 is 1.62 bits per heavy atom. The van der Waals surface area contributed by atoms with E-state index in [0.29, 0.717) is 31.6 Å². The molecule has 32 heavy (non-hydrogen) atoms. The molecule has 0 atom stereocenters. The van der Waals surface area contributed by atoms with Gasteiger partial charge in [-0.15, -0.1) is 0 Å². The van der Waals surface area contributed by atoms with E-state index in [1.807, 2.05) is 24.3 Å². The SMILES string of the molecule is CC(C)NS(=O)(=O)Cc1ccccc1CNC(=O)CCCOc1ccc(C(C)(C)C)cc1. The largest absolute Gasteiger partial charge is 0.494 e. The van der Waals surface area contributed by atoms with Crippen LogP contribution in [0.15, 0.2) is 48.5 Å². The molecule has 2 aromatic rings. The topological polar surface area (TPSA) is 84.5 Å². The van der Waals surface area contributed by atoms with Gasteiger partial charge in [-0.05, 0) is 54.5 Å². The Labute approximate surface area is 192 Å². The lowest BCUT2D eigenvalue weighted by atomic mass is 9.87. The third kappa shape index (κ3) is 9.01. The molecule has 0 bridgehead atoms. The van der Waals surface area contributed by atoms with Crippen LogP contribution in [0.5, 0.6) is 5.75 Å². The van der Waals surface area contributed by atoms with Gasteiger partial charge in [0.25, 0.3) is 0 Å². The number of carbonyl (C=O) groups is 1. The zero-order valence-corrected chi connectivity index (χ0v) is 20.6. The van der Waals surface area contributed by atoms with E-state index in [4.69, 9.17) is 4.74 Å². The van der Waals surface area contributed by atoms with Crippen molar-refractivity contribution in [1.82, 2.24) is 10.0 Å². The van der Waals surface area contributed by atoms with Crippen molar-refractivity contribution in [3.05, 3.63) is 65.2 Å². The second-order valence-corrected chi connectivity index (χ2v) is 11.1. The average Bonchev–Trinajstić information content (AvgIpc) is 2.69. The molecular formula is C25H36N2O4S. The minimum Gasteiger partial charge on any atom is -0.494 e. The van der Waals surface area contributed by atoms with Crippen LogP contribution in [-0.4, -0.2) is 27.0 Å². The first kappa shape index (κ1) is 25.9. The summed E-state index contributed by atoms with van der Waals surface area (Å²) in [6, 6.07) is 15.1. The van der Waals surface area contributed by atoms with Crippen molar-refractivity contribution >= 4 is 15.9 Å². The summed E-state index contributed by atoms with van der Waals surface area (Å²) in [5.74, 6) is 0.595. The number of sulfonamides is 1. The van der Waals surface area contributed by atoms with Crippen LogP contribution in [0.4, 0.5) is 0 Å². The molecule has 0 aromatic heterocycles. The molecule has 2 rings (SSSR count). The summed E-state index contributed by atoms with van der Waals surface area (Å²) in [5, 5.41) is 2.88. The van der Waals surface area contributed by atoms with E-state index in [1.54, 1.807) is 26.0 Å². The molecule has 1 amide bonds. The van der Waals surface area contributed by atoms with E-state index in [-0.39, 0.29) is 23.1 Å². The van der Waals surface area contributed by atoms with Crippen LogP contribution in [0.25, 0.3) is 0 Å². The van der Waals surface area contributed by atoms with Crippen LogP contribution in [0.3, 0.4) is 0 Å². The molecule has 2 N–H and O–H groups in total. The molecule has 0 saturated carbocycles. The van der Waals surface area contributed by atoms with E-state index < -0.39 is 10.0 Å². The first-order valence-electron chi connectivity index (χ1n) is 11.0. The molecule has 0 radical (unpaired) electrons. The van der Waals surface area contributed by atoms with Gasteiger partial charge in [0.05, 0.1) is 12.4 Å². The number of ether oxygens (including phenoxy) is 1. The number of amides is 1. The fraction of sp³-hybridized carbons (Fsp3) is 0.480.